The van der Waals surface area contributed by atoms with Gasteiger partial charge in [-0.25, -0.2) is 4.79 Å². The molecule has 0 fully saturated rings. The van der Waals surface area contributed by atoms with Gasteiger partial charge in [0.15, 0.2) is 18.1 Å². The normalized spacial score (nSPS) is 10.3. The fourth-order valence-corrected chi connectivity index (χ4v) is 2.25. The highest BCUT2D eigenvalue weighted by atomic mass is 79.9. The van der Waals surface area contributed by atoms with Crippen molar-refractivity contribution in [1.29, 1.82) is 5.26 Å². The largest absolute Gasteiger partial charge is 0.493 e. The van der Waals surface area contributed by atoms with E-state index in [1.165, 1.54) is 13.2 Å². The Morgan fingerprint density at radius 1 is 1.24 bits per heavy atom. The molecule has 0 heterocycles. The summed E-state index contributed by atoms with van der Waals surface area (Å²) in [6, 6.07) is 12.4. The molecule has 0 saturated carbocycles. The van der Waals surface area contributed by atoms with Crippen molar-refractivity contribution in [3.63, 3.8) is 0 Å². The van der Waals surface area contributed by atoms with Crippen molar-refractivity contribution in [2.24, 2.45) is 0 Å². The van der Waals surface area contributed by atoms with Gasteiger partial charge in [-0.3, -0.25) is 0 Å². The van der Waals surface area contributed by atoms with E-state index in [0.29, 0.717) is 11.5 Å². The van der Waals surface area contributed by atoms with Crippen LogP contribution in [-0.2, 0) is 4.79 Å². The number of esters is 1. The number of benzene rings is 2. The number of nitrogens with zero attached hydrogens (tertiary/aromatic N) is 1. The second kappa shape index (κ2) is 8.90. The van der Waals surface area contributed by atoms with Crippen molar-refractivity contribution >= 4 is 28.0 Å². The Labute approximate surface area is 154 Å². The summed E-state index contributed by atoms with van der Waals surface area (Å²) in [7, 11) is 1.48. The van der Waals surface area contributed by atoms with Crippen LogP contribution in [0.2, 0.25) is 0 Å². The summed E-state index contributed by atoms with van der Waals surface area (Å²) in [5.41, 5.74) is 1.77. The predicted molar refractivity (Wildman–Crippen MR) is 97.7 cm³/mol. The molecule has 2 rings (SSSR count). The molecule has 5 nitrogen and oxygen atoms in total. The smallest absolute Gasteiger partial charge is 0.349 e. The van der Waals surface area contributed by atoms with Crippen molar-refractivity contribution in [2.75, 3.05) is 13.7 Å². The van der Waals surface area contributed by atoms with Crippen LogP contribution in [0.5, 0.6) is 17.2 Å². The molecule has 0 aromatic heterocycles. The van der Waals surface area contributed by atoms with Crippen LogP contribution in [0.3, 0.4) is 0 Å². The minimum absolute atomic E-state index is 0.222. The maximum Gasteiger partial charge on any atom is 0.349 e. The first kappa shape index (κ1) is 18.6. The van der Waals surface area contributed by atoms with Crippen LogP contribution in [0, 0.1) is 18.3 Å². The monoisotopic (exact) mass is 401 g/mol. The van der Waals surface area contributed by atoms with Crippen LogP contribution in [-0.4, -0.2) is 19.7 Å². The maximum atomic E-state index is 12.0. The number of allylic oxidation sites excluding steroid dienone is 1. The SMILES string of the molecule is COc1cc(/C=C\C#N)ccc1OC(=O)COc1ccc(Br)c(C)c1. The molecule has 0 aliphatic heterocycles. The molecule has 0 unspecified atom stereocenters. The standard InChI is InChI=1S/C19H16BrNO4/c1-13-10-15(6-7-16(13)20)24-12-19(22)25-17-8-5-14(4-3-9-21)11-18(17)23-2/h3-8,10-11H,12H2,1-2H3/b4-3-. The molecule has 0 aliphatic carbocycles. The Morgan fingerprint density at radius 3 is 2.72 bits per heavy atom. The van der Waals surface area contributed by atoms with Crippen molar-refractivity contribution in [1.82, 2.24) is 0 Å². The molecule has 25 heavy (non-hydrogen) atoms. The Hall–Kier alpha value is -2.78. The van der Waals surface area contributed by atoms with E-state index < -0.39 is 5.97 Å². The van der Waals surface area contributed by atoms with E-state index in [0.717, 1.165) is 15.6 Å². The number of nitriles is 1. The third-order valence-corrected chi connectivity index (χ3v) is 4.14. The summed E-state index contributed by atoms with van der Waals surface area (Å²) in [6.45, 7) is 1.71. The summed E-state index contributed by atoms with van der Waals surface area (Å²) < 4.78 is 16.9. The fraction of sp³-hybridized carbons (Fsp3) is 0.158. The number of carbonyl (C=O) groups excluding carboxylic acids is 1. The molecule has 2 aromatic carbocycles. The zero-order chi connectivity index (χ0) is 18.2. The van der Waals surface area contributed by atoms with E-state index in [1.807, 2.05) is 25.1 Å². The van der Waals surface area contributed by atoms with Gasteiger partial charge in [-0.05, 0) is 54.5 Å². The summed E-state index contributed by atoms with van der Waals surface area (Å²) in [6.07, 6.45) is 2.99. The van der Waals surface area contributed by atoms with Gasteiger partial charge in [0, 0.05) is 10.5 Å². The van der Waals surface area contributed by atoms with Crippen molar-refractivity contribution in [2.45, 2.75) is 6.92 Å². The lowest BCUT2D eigenvalue weighted by molar-refractivity contribution is -0.136. The van der Waals surface area contributed by atoms with E-state index in [9.17, 15) is 4.79 Å². The average molecular weight is 402 g/mol. The number of rotatable bonds is 6. The zero-order valence-electron chi connectivity index (χ0n) is 13.8. The number of ether oxygens (including phenoxy) is 3. The quantitative estimate of drug-likeness (QED) is 0.410. The Kier molecular flexibility index (Phi) is 6.61. The summed E-state index contributed by atoms with van der Waals surface area (Å²) in [5.74, 6) is 0.728. The van der Waals surface area contributed by atoms with Crippen LogP contribution < -0.4 is 14.2 Å². The molecular formula is C19H16BrNO4. The topological polar surface area (TPSA) is 68.5 Å². The maximum absolute atomic E-state index is 12.0. The van der Waals surface area contributed by atoms with Gasteiger partial charge in [-0.1, -0.05) is 22.0 Å². The number of aryl methyl sites for hydroxylation is 1. The number of hydrogen-bond acceptors (Lipinski definition) is 5. The molecule has 0 spiro atoms. The van der Waals surface area contributed by atoms with Gasteiger partial charge in [0.2, 0.25) is 0 Å². The molecule has 0 aliphatic rings. The average Bonchev–Trinajstić information content (AvgIpc) is 2.61. The number of halogens is 1. The Morgan fingerprint density at radius 2 is 2.04 bits per heavy atom. The third kappa shape index (κ3) is 5.37. The lowest BCUT2D eigenvalue weighted by Gasteiger charge is -2.11. The van der Waals surface area contributed by atoms with Crippen LogP contribution in [0.25, 0.3) is 6.08 Å². The van der Waals surface area contributed by atoms with Crippen LogP contribution in [0.4, 0.5) is 0 Å². The van der Waals surface area contributed by atoms with E-state index in [-0.39, 0.29) is 12.4 Å². The summed E-state index contributed by atoms with van der Waals surface area (Å²) in [5, 5.41) is 8.56. The Bertz CT molecular complexity index is 840. The van der Waals surface area contributed by atoms with E-state index in [4.69, 9.17) is 19.5 Å². The van der Waals surface area contributed by atoms with Gasteiger partial charge in [-0.2, -0.15) is 5.26 Å². The van der Waals surface area contributed by atoms with Gasteiger partial charge < -0.3 is 14.2 Å². The molecular weight excluding hydrogens is 386 g/mol. The molecule has 0 atom stereocenters. The van der Waals surface area contributed by atoms with Gasteiger partial charge in [0.05, 0.1) is 13.2 Å². The number of methoxy groups -OCH3 is 1. The van der Waals surface area contributed by atoms with Crippen LogP contribution in [0.15, 0.2) is 46.9 Å². The highest BCUT2D eigenvalue weighted by Crippen LogP contribution is 2.29. The molecule has 0 amide bonds. The Balaban J connectivity index is 2.01. The van der Waals surface area contributed by atoms with Crippen LogP contribution >= 0.6 is 15.9 Å². The lowest BCUT2D eigenvalue weighted by atomic mass is 10.2. The first-order valence-corrected chi connectivity index (χ1v) is 8.16. The van der Waals surface area contributed by atoms with Crippen molar-refractivity contribution < 1.29 is 19.0 Å². The molecule has 128 valence electrons. The first-order chi connectivity index (χ1) is 12.0. The van der Waals surface area contributed by atoms with Gasteiger partial charge >= 0.3 is 5.97 Å². The second-order valence-corrected chi connectivity index (χ2v) is 5.90. The minimum Gasteiger partial charge on any atom is -0.493 e. The molecule has 2 aromatic rings. The van der Waals surface area contributed by atoms with E-state index in [2.05, 4.69) is 15.9 Å². The van der Waals surface area contributed by atoms with Gasteiger partial charge in [-0.15, -0.1) is 0 Å². The zero-order valence-corrected chi connectivity index (χ0v) is 15.4. The molecule has 0 radical (unpaired) electrons. The molecule has 6 heteroatoms. The first-order valence-electron chi connectivity index (χ1n) is 7.37. The van der Waals surface area contributed by atoms with E-state index in [1.54, 1.807) is 30.3 Å². The minimum atomic E-state index is -0.542. The summed E-state index contributed by atoms with van der Waals surface area (Å²) >= 11 is 3.41. The number of carbonyl (C=O) groups is 1. The molecule has 0 saturated heterocycles. The summed E-state index contributed by atoms with van der Waals surface area (Å²) in [4.78, 5) is 12.0. The van der Waals surface area contributed by atoms with Crippen LogP contribution in [0.1, 0.15) is 11.1 Å². The highest BCUT2D eigenvalue weighted by molar-refractivity contribution is 9.10. The highest BCUT2D eigenvalue weighted by Gasteiger charge is 2.11. The predicted octanol–water partition coefficient (Wildman–Crippen LogP) is 4.29. The lowest BCUT2D eigenvalue weighted by Crippen LogP contribution is -2.18. The number of hydrogen-bond donors (Lipinski definition) is 0. The van der Waals surface area contributed by atoms with Crippen molar-refractivity contribution in [3.8, 4) is 23.3 Å². The third-order valence-electron chi connectivity index (χ3n) is 3.25. The molecule has 0 bridgehead atoms. The van der Waals surface area contributed by atoms with Gasteiger partial charge in [0.25, 0.3) is 0 Å². The van der Waals surface area contributed by atoms with Crippen molar-refractivity contribution in [3.05, 3.63) is 58.1 Å². The van der Waals surface area contributed by atoms with Gasteiger partial charge in [0.1, 0.15) is 5.75 Å². The van der Waals surface area contributed by atoms with E-state index >= 15 is 0 Å². The molecule has 0 N–H and O–H groups in total. The second-order valence-electron chi connectivity index (χ2n) is 5.05. The fourth-order valence-electron chi connectivity index (χ4n) is 2.01.